The van der Waals surface area contributed by atoms with Crippen LogP contribution in [0.3, 0.4) is 0 Å². The molecule has 308 valence electrons. The van der Waals surface area contributed by atoms with Gasteiger partial charge in [-0.05, 0) is 91.5 Å². The van der Waals surface area contributed by atoms with Gasteiger partial charge in [0.2, 0.25) is 24.6 Å². The Kier molecular flexibility index (Phi) is 15.6. The van der Waals surface area contributed by atoms with E-state index in [-0.39, 0.29) is 53.1 Å². The lowest BCUT2D eigenvalue weighted by Crippen LogP contribution is -2.24. The smallest absolute Gasteiger partial charge is 0.341 e. The van der Waals surface area contributed by atoms with Gasteiger partial charge in [0.05, 0.1) is 28.2 Å². The van der Waals surface area contributed by atoms with Gasteiger partial charge in [-0.1, -0.05) is 42.2 Å². The van der Waals surface area contributed by atoms with E-state index in [0.717, 1.165) is 0 Å². The molecule has 12 nitrogen and oxygen atoms in total. The van der Waals surface area contributed by atoms with Gasteiger partial charge in [0.1, 0.15) is 39.9 Å². The van der Waals surface area contributed by atoms with Crippen molar-refractivity contribution in [3.63, 3.8) is 0 Å². The molecule has 2 fully saturated rings. The Bertz CT molecular complexity index is 1910. The summed E-state index contributed by atoms with van der Waals surface area (Å²) >= 11 is 17.5. The first-order valence-electron chi connectivity index (χ1n) is 16.9. The number of carbonyl (C=O) groups is 2. The maximum atomic E-state index is 12.9. The Balaban J connectivity index is 0.000000245. The number of rotatable bonds is 11. The van der Waals surface area contributed by atoms with Crippen molar-refractivity contribution < 1.29 is 46.1 Å². The fourth-order valence-electron chi connectivity index (χ4n) is 4.38. The maximum Gasteiger partial charge on any atom is 0.341 e. The van der Waals surface area contributed by atoms with Crippen LogP contribution in [0.4, 0.5) is 17.6 Å². The molecule has 0 aliphatic heterocycles. The number of aromatic nitrogens is 6. The van der Waals surface area contributed by atoms with Crippen molar-refractivity contribution >= 4 is 46.7 Å². The number of pyridine rings is 2. The number of aromatic amines is 1. The number of hydrogen-bond donors (Lipinski definition) is 1. The molecule has 0 amide bonds. The standard InChI is InChI=1S/C18H20ClF2N3O3.C10H11Cl2NO2.C8H10F2N2O.CH4/c1-17(2,3)27-15(25)11-4-5-12(22-14(11)19)24-9-6-13(23-24)26-10-18(7-8-18)16(20)21;1-10(2,3)15-9(14)6-4-5-7(11)13-8(6)12;9-7(10)8(2-3-8)5-13-6-1-4-11-12-6;/h4-6,9,16H,7-8,10H2,1-3H3;4-5H,1-3H3;1,4,7H,2-3,5H2,(H,11,12);1H4. The molecule has 56 heavy (non-hydrogen) atoms. The number of nitrogens with zero attached hydrogens (tertiary/aromatic N) is 5. The number of carbonyl (C=O) groups excluding carboxylic acids is 2. The normalized spacial score (nSPS) is 15.0. The van der Waals surface area contributed by atoms with E-state index in [2.05, 4.69) is 25.3 Å². The Hall–Kier alpha value is -4.15. The van der Waals surface area contributed by atoms with Crippen LogP contribution >= 0.6 is 34.8 Å². The van der Waals surface area contributed by atoms with E-state index in [9.17, 15) is 27.2 Å². The number of halogens is 7. The summed E-state index contributed by atoms with van der Waals surface area (Å²) in [5.74, 6) is -0.0467. The molecular formula is C37H45Cl3F4N6O6. The Morgan fingerprint density at radius 3 is 1.70 bits per heavy atom. The average Bonchev–Trinajstić information content (AvgIpc) is 3.93. The van der Waals surface area contributed by atoms with Crippen molar-refractivity contribution in [3.05, 3.63) is 75.4 Å². The molecule has 0 bridgehead atoms. The third-order valence-electron chi connectivity index (χ3n) is 7.89. The molecular weight excluding hydrogens is 807 g/mol. The van der Waals surface area contributed by atoms with Crippen molar-refractivity contribution in [1.82, 2.24) is 29.9 Å². The molecule has 2 aliphatic carbocycles. The molecule has 0 unspecified atom stereocenters. The zero-order valence-corrected chi connectivity index (χ0v) is 33.1. The number of esters is 2. The molecule has 4 aromatic rings. The van der Waals surface area contributed by atoms with E-state index in [1.165, 1.54) is 29.1 Å². The Morgan fingerprint density at radius 2 is 1.27 bits per heavy atom. The molecule has 4 aromatic heterocycles. The van der Waals surface area contributed by atoms with E-state index >= 15 is 0 Å². The molecule has 0 spiro atoms. The van der Waals surface area contributed by atoms with Crippen molar-refractivity contribution in [2.45, 2.75) is 98.7 Å². The molecule has 1 N–H and O–H groups in total. The molecule has 4 heterocycles. The first-order chi connectivity index (χ1) is 25.6. The Morgan fingerprint density at radius 1 is 0.768 bits per heavy atom. The van der Waals surface area contributed by atoms with Gasteiger partial charge < -0.3 is 18.9 Å². The minimum atomic E-state index is -2.40. The highest BCUT2D eigenvalue weighted by atomic mass is 35.5. The first kappa shape index (κ1) is 46.2. The molecule has 2 saturated carbocycles. The van der Waals surface area contributed by atoms with Gasteiger partial charge in [-0.3, -0.25) is 0 Å². The topological polar surface area (TPSA) is 143 Å². The summed E-state index contributed by atoms with van der Waals surface area (Å²) in [6, 6.07) is 9.21. The zero-order valence-electron chi connectivity index (χ0n) is 30.8. The largest absolute Gasteiger partial charge is 0.477 e. The first-order valence-corrected chi connectivity index (χ1v) is 18.1. The molecule has 19 heteroatoms. The molecule has 6 rings (SSSR count). The van der Waals surface area contributed by atoms with Crippen LogP contribution in [0.5, 0.6) is 11.8 Å². The van der Waals surface area contributed by atoms with Crippen LogP contribution in [0, 0.1) is 10.8 Å². The summed E-state index contributed by atoms with van der Waals surface area (Å²) in [5.41, 5.74) is -2.77. The molecule has 0 radical (unpaired) electrons. The van der Waals surface area contributed by atoms with Crippen LogP contribution in [-0.4, -0.2) is 79.2 Å². The van der Waals surface area contributed by atoms with E-state index in [1.807, 2.05) is 0 Å². The minimum Gasteiger partial charge on any atom is -0.477 e. The van der Waals surface area contributed by atoms with E-state index in [1.54, 1.807) is 65.9 Å². The number of hydrogen-bond acceptors (Lipinski definition) is 10. The second-order valence-corrected chi connectivity index (χ2v) is 16.0. The van der Waals surface area contributed by atoms with Crippen LogP contribution < -0.4 is 9.47 Å². The van der Waals surface area contributed by atoms with Crippen LogP contribution in [0.15, 0.2) is 48.8 Å². The summed E-state index contributed by atoms with van der Waals surface area (Å²) < 4.78 is 73.0. The molecule has 2 aliphatic rings. The van der Waals surface area contributed by atoms with Crippen LogP contribution in [0.2, 0.25) is 15.5 Å². The lowest BCUT2D eigenvalue weighted by atomic mass is 10.1. The van der Waals surface area contributed by atoms with Crippen molar-refractivity contribution in [2.24, 2.45) is 10.8 Å². The summed E-state index contributed by atoms with van der Waals surface area (Å²) in [6.07, 6.45) is 0.428. The van der Waals surface area contributed by atoms with Gasteiger partial charge >= 0.3 is 11.9 Å². The van der Waals surface area contributed by atoms with Gasteiger partial charge in [-0.25, -0.2) is 46.9 Å². The van der Waals surface area contributed by atoms with Crippen molar-refractivity contribution in [3.8, 4) is 17.6 Å². The highest BCUT2D eigenvalue weighted by Gasteiger charge is 2.52. The summed E-state index contributed by atoms with van der Waals surface area (Å²) in [6.45, 7) is 10.6. The fourth-order valence-corrected chi connectivity index (χ4v) is 5.03. The van der Waals surface area contributed by atoms with Crippen molar-refractivity contribution in [2.75, 3.05) is 13.2 Å². The maximum absolute atomic E-state index is 12.9. The number of nitrogens with one attached hydrogen (secondary N) is 1. The predicted octanol–water partition coefficient (Wildman–Crippen LogP) is 10.1. The number of ether oxygens (including phenoxy) is 4. The second-order valence-electron chi connectivity index (χ2n) is 14.9. The van der Waals surface area contributed by atoms with Crippen LogP contribution in [-0.2, 0) is 9.47 Å². The minimum absolute atomic E-state index is 0. The molecule has 0 aromatic carbocycles. The molecule has 0 saturated heterocycles. The third-order valence-corrected chi connectivity index (χ3v) is 8.68. The van der Waals surface area contributed by atoms with Gasteiger partial charge in [-0.15, -0.1) is 5.10 Å². The zero-order chi connectivity index (χ0) is 40.8. The van der Waals surface area contributed by atoms with E-state index < -0.39 is 46.8 Å². The Labute approximate surface area is 337 Å². The quantitative estimate of drug-likeness (QED) is 0.0880. The SMILES string of the molecule is C.CC(C)(C)OC(=O)c1ccc(-n2ccc(OCC3(C(F)F)CC3)n2)nc1Cl.CC(C)(C)OC(=O)c1ccc(Cl)nc1Cl.FC(F)C1(COc2ccn[nH]2)CC1. The average molecular weight is 852 g/mol. The lowest BCUT2D eigenvalue weighted by Gasteiger charge is -2.19. The monoisotopic (exact) mass is 850 g/mol. The highest BCUT2D eigenvalue weighted by molar-refractivity contribution is 6.34. The molecule has 0 atom stereocenters. The summed E-state index contributed by atoms with van der Waals surface area (Å²) in [5, 5.41) is 10.6. The third kappa shape index (κ3) is 13.5. The van der Waals surface area contributed by atoms with E-state index in [4.69, 9.17) is 53.8 Å². The van der Waals surface area contributed by atoms with Crippen LogP contribution in [0.1, 0.15) is 95.4 Å². The van der Waals surface area contributed by atoms with Gasteiger partial charge in [0.15, 0.2) is 5.82 Å². The summed E-state index contributed by atoms with van der Waals surface area (Å²) in [4.78, 5) is 31.6. The predicted molar refractivity (Wildman–Crippen MR) is 203 cm³/mol. The number of alkyl halides is 4. The fraction of sp³-hybridized carbons (Fsp3) is 0.514. The highest BCUT2D eigenvalue weighted by Crippen LogP contribution is 2.51. The lowest BCUT2D eigenvalue weighted by molar-refractivity contribution is 0.00567. The second kappa shape index (κ2) is 18.9. The van der Waals surface area contributed by atoms with Gasteiger partial charge in [-0.2, -0.15) is 5.10 Å². The van der Waals surface area contributed by atoms with Crippen LogP contribution in [0.25, 0.3) is 5.82 Å². The van der Waals surface area contributed by atoms with E-state index in [0.29, 0.717) is 37.4 Å². The summed E-state index contributed by atoms with van der Waals surface area (Å²) in [7, 11) is 0. The number of H-pyrrole nitrogens is 1. The van der Waals surface area contributed by atoms with Gasteiger partial charge in [0.25, 0.3) is 0 Å². The van der Waals surface area contributed by atoms with Crippen molar-refractivity contribution in [1.29, 1.82) is 0 Å². The van der Waals surface area contributed by atoms with Gasteiger partial charge in [0, 0.05) is 18.3 Å².